The molecule has 0 bridgehead atoms. The Labute approximate surface area is 193 Å². The number of unbranched alkanes of at least 4 members (excludes halogenated alkanes) is 1. The average Bonchev–Trinajstić information content (AvgIpc) is 2.74. The quantitative estimate of drug-likeness (QED) is 0.453. The number of rotatable bonds is 7. The van der Waals surface area contributed by atoms with E-state index in [0.717, 1.165) is 37.0 Å². The molecule has 0 spiro atoms. The monoisotopic (exact) mass is 434 g/mol. The van der Waals surface area contributed by atoms with E-state index in [0.29, 0.717) is 5.56 Å². The van der Waals surface area contributed by atoms with Gasteiger partial charge < -0.3 is 9.84 Å². The number of benzene rings is 2. The molecule has 1 aliphatic carbocycles. The smallest absolute Gasteiger partial charge is 0.335 e. The molecule has 1 N–H and O–H groups in total. The van der Waals surface area contributed by atoms with Gasteiger partial charge in [0.05, 0.1) is 12.7 Å². The largest absolute Gasteiger partial charge is 0.496 e. The number of ether oxygens (including phenoxy) is 1. The fraction of sp³-hybridized carbons (Fsp3) is 0.483. The molecule has 3 heteroatoms. The lowest BCUT2D eigenvalue weighted by molar-refractivity contribution is 0.0697. The van der Waals surface area contributed by atoms with E-state index in [1.165, 1.54) is 34.2 Å². The van der Waals surface area contributed by atoms with Crippen LogP contribution in [-0.2, 0) is 10.8 Å². The van der Waals surface area contributed by atoms with Gasteiger partial charge in [0.15, 0.2) is 0 Å². The number of allylic oxidation sites excluding steroid dienone is 1. The highest BCUT2D eigenvalue weighted by molar-refractivity contribution is 5.90. The molecule has 32 heavy (non-hydrogen) atoms. The zero-order valence-electron chi connectivity index (χ0n) is 20.8. The minimum absolute atomic E-state index is 0.0532. The van der Waals surface area contributed by atoms with Crippen molar-refractivity contribution < 1.29 is 14.6 Å². The van der Waals surface area contributed by atoms with Gasteiger partial charge in [0.1, 0.15) is 5.75 Å². The van der Waals surface area contributed by atoms with E-state index in [2.05, 4.69) is 53.7 Å². The predicted octanol–water partition coefficient (Wildman–Crippen LogP) is 7.78. The Hall–Kier alpha value is -2.55. The number of aryl methyl sites for hydroxylation is 1. The van der Waals surface area contributed by atoms with E-state index < -0.39 is 5.97 Å². The molecule has 2 aromatic carbocycles. The first-order valence-corrected chi connectivity index (χ1v) is 11.8. The number of hydrogen-bond acceptors (Lipinski definition) is 2. The number of carbonyl (C=O) groups is 1. The zero-order valence-corrected chi connectivity index (χ0v) is 20.8. The third-order valence-electron chi connectivity index (χ3n) is 7.08. The van der Waals surface area contributed by atoms with Gasteiger partial charge in [-0.3, -0.25) is 0 Å². The third kappa shape index (κ3) is 4.62. The highest BCUT2D eigenvalue weighted by Crippen LogP contribution is 2.52. The topological polar surface area (TPSA) is 46.5 Å². The lowest BCUT2D eigenvalue weighted by atomic mass is 9.62. The maximum Gasteiger partial charge on any atom is 0.335 e. The van der Waals surface area contributed by atoms with E-state index in [1.807, 2.05) is 12.1 Å². The van der Waals surface area contributed by atoms with Crippen LogP contribution in [0, 0.1) is 6.92 Å². The van der Waals surface area contributed by atoms with Gasteiger partial charge in [0.25, 0.3) is 0 Å². The standard InChI is InChI=1S/C29H38O3/c1-8-9-10-22(18-20-11-13-21(14-12-20)27(30)31)24-19(2)17-23-25(26(24)32-7)29(5,6)16-15-28(23,3)4/h11-14,17-18H,8-10,15-16H2,1-7H3,(H,30,31). The SMILES string of the molecule is CCCCC(=Cc1ccc(C(=O)O)cc1)c1c(C)cc2c(c1OC)C(C)(C)CCC2(C)C. The second-order valence-electron chi connectivity index (χ2n) is 10.5. The maximum absolute atomic E-state index is 11.2. The molecule has 1 aliphatic rings. The van der Waals surface area contributed by atoms with Crippen molar-refractivity contribution in [1.82, 2.24) is 0 Å². The summed E-state index contributed by atoms with van der Waals surface area (Å²) >= 11 is 0. The highest BCUT2D eigenvalue weighted by atomic mass is 16.5. The van der Waals surface area contributed by atoms with E-state index in [1.54, 1.807) is 19.2 Å². The summed E-state index contributed by atoms with van der Waals surface area (Å²) in [4.78, 5) is 11.2. The summed E-state index contributed by atoms with van der Waals surface area (Å²) in [6.07, 6.45) is 7.67. The highest BCUT2D eigenvalue weighted by Gasteiger charge is 2.40. The van der Waals surface area contributed by atoms with E-state index in [-0.39, 0.29) is 10.8 Å². The average molecular weight is 435 g/mol. The molecule has 2 aromatic rings. The van der Waals surface area contributed by atoms with Crippen molar-refractivity contribution in [2.75, 3.05) is 7.11 Å². The van der Waals surface area contributed by atoms with Crippen LogP contribution < -0.4 is 4.74 Å². The number of carboxylic acid groups (broad SMARTS) is 1. The molecule has 0 saturated heterocycles. The minimum atomic E-state index is -0.899. The molecule has 0 fully saturated rings. The van der Waals surface area contributed by atoms with Crippen LogP contribution >= 0.6 is 0 Å². The van der Waals surface area contributed by atoms with Crippen LogP contribution in [0.1, 0.15) is 105 Å². The molecule has 3 rings (SSSR count). The van der Waals surface area contributed by atoms with Gasteiger partial charge in [0.2, 0.25) is 0 Å². The Morgan fingerprint density at radius 2 is 1.72 bits per heavy atom. The molecule has 0 atom stereocenters. The lowest BCUT2D eigenvalue weighted by Crippen LogP contribution is -2.34. The van der Waals surface area contributed by atoms with Crippen LogP contribution in [0.15, 0.2) is 30.3 Å². The number of carboxylic acids is 1. The summed E-state index contributed by atoms with van der Waals surface area (Å²) in [6, 6.07) is 9.52. The van der Waals surface area contributed by atoms with Crippen LogP contribution in [0.3, 0.4) is 0 Å². The van der Waals surface area contributed by atoms with Gasteiger partial charge >= 0.3 is 5.97 Å². The fourth-order valence-electron chi connectivity index (χ4n) is 5.04. The van der Waals surface area contributed by atoms with Crippen molar-refractivity contribution in [1.29, 1.82) is 0 Å². The van der Waals surface area contributed by atoms with Crippen molar-refractivity contribution in [2.24, 2.45) is 0 Å². The van der Waals surface area contributed by atoms with E-state index >= 15 is 0 Å². The molecule has 0 aromatic heterocycles. The molecule has 172 valence electrons. The van der Waals surface area contributed by atoms with Crippen LogP contribution in [0.4, 0.5) is 0 Å². The van der Waals surface area contributed by atoms with Crippen molar-refractivity contribution in [3.05, 3.63) is 63.7 Å². The van der Waals surface area contributed by atoms with Crippen LogP contribution in [-0.4, -0.2) is 18.2 Å². The number of aromatic carboxylic acids is 1. The van der Waals surface area contributed by atoms with Gasteiger partial charge in [0, 0.05) is 11.1 Å². The summed E-state index contributed by atoms with van der Waals surface area (Å²) in [6.45, 7) is 13.8. The summed E-state index contributed by atoms with van der Waals surface area (Å²) in [5, 5.41) is 9.23. The molecular weight excluding hydrogens is 396 g/mol. The summed E-state index contributed by atoms with van der Waals surface area (Å²) in [5.41, 5.74) is 7.96. The third-order valence-corrected chi connectivity index (χ3v) is 7.08. The van der Waals surface area contributed by atoms with Crippen molar-refractivity contribution in [2.45, 2.75) is 84.5 Å². The van der Waals surface area contributed by atoms with Crippen LogP contribution in [0.25, 0.3) is 11.6 Å². The predicted molar refractivity (Wildman–Crippen MR) is 134 cm³/mol. The van der Waals surface area contributed by atoms with Crippen molar-refractivity contribution >= 4 is 17.6 Å². The molecule has 0 heterocycles. The van der Waals surface area contributed by atoms with Gasteiger partial charge in [-0.2, -0.15) is 0 Å². The van der Waals surface area contributed by atoms with Gasteiger partial charge in [-0.25, -0.2) is 4.79 Å². The molecule has 0 saturated carbocycles. The molecular formula is C29H38O3. The first-order chi connectivity index (χ1) is 15.0. The molecule has 0 aliphatic heterocycles. The van der Waals surface area contributed by atoms with Gasteiger partial charge in [-0.15, -0.1) is 0 Å². The Morgan fingerprint density at radius 3 is 2.28 bits per heavy atom. The summed E-state index contributed by atoms with van der Waals surface area (Å²) < 4.78 is 6.18. The minimum Gasteiger partial charge on any atom is -0.496 e. The summed E-state index contributed by atoms with van der Waals surface area (Å²) in [5.74, 6) is 0.117. The van der Waals surface area contributed by atoms with E-state index in [9.17, 15) is 9.90 Å². The second kappa shape index (κ2) is 9.13. The first kappa shape index (κ1) is 24.1. The molecule has 3 nitrogen and oxygen atoms in total. The summed E-state index contributed by atoms with van der Waals surface area (Å²) in [7, 11) is 1.80. The number of methoxy groups -OCH3 is 1. The van der Waals surface area contributed by atoms with E-state index in [4.69, 9.17) is 4.74 Å². The van der Waals surface area contributed by atoms with Crippen LogP contribution in [0.2, 0.25) is 0 Å². The Bertz CT molecular complexity index is 1020. The van der Waals surface area contributed by atoms with Gasteiger partial charge in [-0.1, -0.05) is 65.3 Å². The maximum atomic E-state index is 11.2. The number of hydrogen-bond donors (Lipinski definition) is 1. The molecule has 0 unspecified atom stereocenters. The normalized spacial score (nSPS) is 17.0. The molecule has 0 amide bonds. The number of fused-ring (bicyclic) bond motifs is 1. The van der Waals surface area contributed by atoms with Gasteiger partial charge in [-0.05, 0) is 77.8 Å². The van der Waals surface area contributed by atoms with Crippen molar-refractivity contribution in [3.63, 3.8) is 0 Å². The fourth-order valence-corrected chi connectivity index (χ4v) is 5.04. The zero-order chi connectivity index (χ0) is 23.7. The van der Waals surface area contributed by atoms with Crippen LogP contribution in [0.5, 0.6) is 5.75 Å². The van der Waals surface area contributed by atoms with Crippen molar-refractivity contribution in [3.8, 4) is 5.75 Å². The second-order valence-corrected chi connectivity index (χ2v) is 10.5. The Kier molecular flexibility index (Phi) is 6.88. The Morgan fingerprint density at radius 1 is 1.09 bits per heavy atom. The molecule has 0 radical (unpaired) electrons. The Balaban J connectivity index is 2.24. The lowest BCUT2D eigenvalue weighted by Gasteiger charge is -2.43. The first-order valence-electron chi connectivity index (χ1n) is 11.8.